The Balaban J connectivity index is 2.05. The van der Waals surface area contributed by atoms with Crippen molar-refractivity contribution in [1.29, 1.82) is 0 Å². The minimum Gasteiger partial charge on any atom is -0.365 e. The maximum atomic E-state index is 11.8. The third-order valence-corrected chi connectivity index (χ3v) is 4.52. The van der Waals surface area contributed by atoms with E-state index in [1.165, 1.54) is 0 Å². The first-order valence-corrected chi connectivity index (χ1v) is 7.21. The van der Waals surface area contributed by atoms with Crippen molar-refractivity contribution in [2.45, 2.75) is 12.5 Å². The average molecular weight is 269 g/mol. The van der Waals surface area contributed by atoms with Crippen LogP contribution in [0.3, 0.4) is 0 Å². The van der Waals surface area contributed by atoms with E-state index in [1.54, 1.807) is 0 Å². The fourth-order valence-corrected chi connectivity index (χ4v) is 3.65. The van der Waals surface area contributed by atoms with Crippen LogP contribution in [0.2, 0.25) is 5.02 Å². The number of anilines is 2. The molecule has 1 saturated heterocycles. The van der Waals surface area contributed by atoms with Crippen LogP contribution in [0.4, 0.5) is 11.4 Å². The van der Waals surface area contributed by atoms with Gasteiger partial charge < -0.3 is 10.2 Å². The molecule has 2 heterocycles. The lowest BCUT2D eigenvalue weighted by Gasteiger charge is -2.35. The van der Waals surface area contributed by atoms with Crippen molar-refractivity contribution in [3.63, 3.8) is 0 Å². The maximum absolute atomic E-state index is 11.8. The van der Waals surface area contributed by atoms with Crippen LogP contribution in [0.5, 0.6) is 0 Å². The number of carbonyl (C=O) groups excluding carboxylic acids is 1. The number of hydrogen-bond donors (Lipinski definition) is 1. The highest BCUT2D eigenvalue weighted by atomic mass is 35.5. The van der Waals surface area contributed by atoms with Crippen molar-refractivity contribution < 1.29 is 4.79 Å². The zero-order chi connectivity index (χ0) is 11.8. The Bertz CT molecular complexity index is 466. The first-order chi connectivity index (χ1) is 8.24. The predicted octanol–water partition coefficient (Wildman–Crippen LogP) is 2.60. The molecule has 2 aliphatic rings. The molecule has 1 aromatic rings. The molecule has 1 fully saturated rings. The number of halogens is 1. The molecule has 1 unspecified atom stereocenters. The van der Waals surface area contributed by atoms with Gasteiger partial charge in [-0.25, -0.2) is 0 Å². The predicted molar refractivity (Wildman–Crippen MR) is 73.2 cm³/mol. The number of hydrogen-bond acceptors (Lipinski definition) is 3. The van der Waals surface area contributed by atoms with Crippen LogP contribution in [0.25, 0.3) is 0 Å². The Kier molecular flexibility index (Phi) is 2.92. The number of rotatable bonds is 0. The molecule has 0 radical (unpaired) electrons. The number of fused-ring (bicyclic) bond motifs is 3. The second kappa shape index (κ2) is 4.42. The maximum Gasteiger partial charge on any atom is 0.226 e. The highest BCUT2D eigenvalue weighted by molar-refractivity contribution is 7.99. The van der Waals surface area contributed by atoms with E-state index in [0.29, 0.717) is 17.5 Å². The summed E-state index contributed by atoms with van der Waals surface area (Å²) in [7, 11) is 0. The van der Waals surface area contributed by atoms with Crippen molar-refractivity contribution in [2.75, 3.05) is 28.3 Å². The van der Waals surface area contributed by atoms with E-state index in [-0.39, 0.29) is 5.91 Å². The number of benzene rings is 1. The van der Waals surface area contributed by atoms with E-state index < -0.39 is 0 Å². The summed E-state index contributed by atoms with van der Waals surface area (Å²) in [4.78, 5) is 14.2. The third-order valence-electron chi connectivity index (χ3n) is 3.19. The Morgan fingerprint density at radius 2 is 2.35 bits per heavy atom. The zero-order valence-corrected chi connectivity index (χ0v) is 10.9. The van der Waals surface area contributed by atoms with Gasteiger partial charge in [0.2, 0.25) is 5.91 Å². The van der Waals surface area contributed by atoms with Crippen molar-refractivity contribution in [1.82, 2.24) is 0 Å². The molecule has 0 aliphatic carbocycles. The van der Waals surface area contributed by atoms with E-state index in [2.05, 4.69) is 10.2 Å². The monoisotopic (exact) mass is 268 g/mol. The van der Waals surface area contributed by atoms with Crippen molar-refractivity contribution in [2.24, 2.45) is 0 Å². The summed E-state index contributed by atoms with van der Waals surface area (Å²) in [6, 6.07) is 6.04. The van der Waals surface area contributed by atoms with Gasteiger partial charge in [-0.05, 0) is 18.2 Å². The number of thioether (sulfide) groups is 1. The molecule has 3 nitrogen and oxygen atoms in total. The molecule has 17 heavy (non-hydrogen) atoms. The van der Waals surface area contributed by atoms with Crippen molar-refractivity contribution in [3.05, 3.63) is 23.2 Å². The molecule has 1 atom stereocenters. The SMILES string of the molecule is O=C1CC2CSCCN2c2ccc(Cl)cc2N1. The fraction of sp³-hybridized carbons (Fsp3) is 0.417. The zero-order valence-electron chi connectivity index (χ0n) is 9.28. The van der Waals surface area contributed by atoms with Crippen LogP contribution in [-0.2, 0) is 4.79 Å². The van der Waals surface area contributed by atoms with E-state index in [1.807, 2.05) is 30.0 Å². The van der Waals surface area contributed by atoms with Gasteiger partial charge in [-0.15, -0.1) is 0 Å². The van der Waals surface area contributed by atoms with E-state index in [4.69, 9.17) is 11.6 Å². The Morgan fingerprint density at radius 3 is 3.24 bits per heavy atom. The van der Waals surface area contributed by atoms with Crippen LogP contribution in [0, 0.1) is 0 Å². The Labute approximate surface area is 110 Å². The van der Waals surface area contributed by atoms with Crippen molar-refractivity contribution in [3.8, 4) is 0 Å². The minimum absolute atomic E-state index is 0.0866. The lowest BCUT2D eigenvalue weighted by Crippen LogP contribution is -2.42. The van der Waals surface area contributed by atoms with E-state index >= 15 is 0 Å². The molecule has 0 saturated carbocycles. The molecule has 2 aliphatic heterocycles. The van der Waals surface area contributed by atoms with Crippen LogP contribution < -0.4 is 10.2 Å². The van der Waals surface area contributed by atoms with Crippen molar-refractivity contribution >= 4 is 40.6 Å². The normalized spacial score (nSPS) is 23.5. The lowest BCUT2D eigenvalue weighted by atomic mass is 10.1. The quantitative estimate of drug-likeness (QED) is 0.785. The summed E-state index contributed by atoms with van der Waals surface area (Å²) < 4.78 is 0. The standard InChI is InChI=1S/C12H13ClN2OS/c13-8-1-2-11-10(5-8)14-12(16)6-9-7-17-4-3-15(9)11/h1-2,5,9H,3-4,6-7H2,(H,14,16). The van der Waals surface area contributed by atoms with Crippen LogP contribution in [0.1, 0.15) is 6.42 Å². The number of nitrogens with zero attached hydrogens (tertiary/aromatic N) is 1. The van der Waals surface area contributed by atoms with Crippen LogP contribution in [-0.4, -0.2) is 30.0 Å². The highest BCUT2D eigenvalue weighted by Crippen LogP contribution is 2.36. The Hall–Kier alpha value is -0.870. The van der Waals surface area contributed by atoms with Crippen LogP contribution >= 0.6 is 23.4 Å². The molecule has 1 N–H and O–H groups in total. The largest absolute Gasteiger partial charge is 0.365 e. The molecular weight excluding hydrogens is 256 g/mol. The Morgan fingerprint density at radius 1 is 1.47 bits per heavy atom. The summed E-state index contributed by atoms with van der Waals surface area (Å²) >= 11 is 7.90. The van der Waals surface area contributed by atoms with Gasteiger partial charge in [0, 0.05) is 35.5 Å². The van der Waals surface area contributed by atoms with Gasteiger partial charge in [-0.3, -0.25) is 4.79 Å². The molecule has 5 heteroatoms. The fourth-order valence-electron chi connectivity index (χ4n) is 2.42. The molecule has 0 spiro atoms. The second-order valence-corrected chi connectivity index (χ2v) is 5.92. The number of carbonyl (C=O) groups is 1. The first-order valence-electron chi connectivity index (χ1n) is 5.68. The molecule has 3 rings (SSSR count). The first kappa shape index (κ1) is 11.2. The van der Waals surface area contributed by atoms with Gasteiger partial charge >= 0.3 is 0 Å². The highest BCUT2D eigenvalue weighted by Gasteiger charge is 2.30. The number of amides is 1. The molecule has 90 valence electrons. The second-order valence-electron chi connectivity index (χ2n) is 4.34. The smallest absolute Gasteiger partial charge is 0.226 e. The third kappa shape index (κ3) is 2.11. The lowest BCUT2D eigenvalue weighted by molar-refractivity contribution is -0.116. The average Bonchev–Trinajstić information content (AvgIpc) is 2.43. The molecule has 0 aromatic heterocycles. The summed E-state index contributed by atoms with van der Waals surface area (Å²) in [6.07, 6.45) is 0.569. The van der Waals surface area contributed by atoms with Gasteiger partial charge in [-0.2, -0.15) is 11.8 Å². The molecule has 1 aromatic carbocycles. The van der Waals surface area contributed by atoms with Gasteiger partial charge in [0.25, 0.3) is 0 Å². The summed E-state index contributed by atoms with van der Waals surface area (Å²) in [5, 5.41) is 3.61. The van der Waals surface area contributed by atoms with Gasteiger partial charge in [0.1, 0.15) is 0 Å². The summed E-state index contributed by atoms with van der Waals surface area (Å²) in [5.74, 6) is 2.23. The van der Waals surface area contributed by atoms with E-state index in [0.717, 1.165) is 29.4 Å². The van der Waals surface area contributed by atoms with Gasteiger partial charge in [0.05, 0.1) is 11.4 Å². The number of nitrogens with one attached hydrogen (secondary N) is 1. The summed E-state index contributed by atoms with van der Waals surface area (Å²) in [6.45, 7) is 0.999. The topological polar surface area (TPSA) is 32.3 Å². The van der Waals surface area contributed by atoms with E-state index in [9.17, 15) is 4.79 Å². The van der Waals surface area contributed by atoms with Gasteiger partial charge in [0.15, 0.2) is 0 Å². The molecule has 0 bridgehead atoms. The molecule has 1 amide bonds. The molecular formula is C12H13ClN2OS. The summed E-state index contributed by atoms with van der Waals surface area (Å²) in [5.41, 5.74) is 1.95. The van der Waals surface area contributed by atoms with Crippen LogP contribution in [0.15, 0.2) is 18.2 Å². The minimum atomic E-state index is 0.0866. The van der Waals surface area contributed by atoms with Gasteiger partial charge in [-0.1, -0.05) is 11.6 Å².